The molecule has 1 saturated carbocycles. The number of amides is 1. The Kier molecular flexibility index (Phi) is 4.72. The van der Waals surface area contributed by atoms with Crippen molar-refractivity contribution in [1.29, 1.82) is 0 Å². The summed E-state index contributed by atoms with van der Waals surface area (Å²) in [5.41, 5.74) is 0.399. The maximum Gasteiger partial charge on any atom is 0.307 e. The van der Waals surface area contributed by atoms with Gasteiger partial charge in [0.1, 0.15) is 5.75 Å². The van der Waals surface area contributed by atoms with Crippen LogP contribution < -0.4 is 4.74 Å². The van der Waals surface area contributed by atoms with Crippen LogP contribution >= 0.6 is 11.6 Å². The molecule has 1 aromatic carbocycles. The maximum atomic E-state index is 12.9. The normalized spacial score (nSPS) is 21.6. The Morgan fingerprint density at radius 3 is 2.67 bits per heavy atom. The summed E-state index contributed by atoms with van der Waals surface area (Å²) >= 11 is 6.05. The average molecular weight is 352 g/mol. The van der Waals surface area contributed by atoms with Crippen molar-refractivity contribution in [2.75, 3.05) is 19.7 Å². The highest BCUT2D eigenvalue weighted by molar-refractivity contribution is 6.31. The van der Waals surface area contributed by atoms with Gasteiger partial charge in [0.15, 0.2) is 0 Å². The summed E-state index contributed by atoms with van der Waals surface area (Å²) < 4.78 is 5.67. The second kappa shape index (κ2) is 6.63. The Balaban J connectivity index is 1.69. The van der Waals surface area contributed by atoms with E-state index in [9.17, 15) is 9.59 Å². The van der Waals surface area contributed by atoms with E-state index in [0.29, 0.717) is 36.0 Å². The Bertz CT molecular complexity index is 652. The van der Waals surface area contributed by atoms with Gasteiger partial charge in [0, 0.05) is 18.1 Å². The van der Waals surface area contributed by atoms with E-state index in [2.05, 4.69) is 0 Å². The number of hydrogen-bond donors (Lipinski definition) is 1. The molecule has 1 atom stereocenters. The van der Waals surface area contributed by atoms with Crippen LogP contribution in [-0.2, 0) is 4.79 Å². The molecule has 3 rings (SSSR count). The molecular formula is C18H22ClNO4. The molecule has 0 aromatic heterocycles. The zero-order valence-corrected chi connectivity index (χ0v) is 14.5. The van der Waals surface area contributed by atoms with Gasteiger partial charge < -0.3 is 14.7 Å². The number of ether oxygens (including phenoxy) is 1. The number of carbonyl (C=O) groups excluding carboxylic acids is 1. The van der Waals surface area contributed by atoms with Gasteiger partial charge in [0.25, 0.3) is 5.91 Å². The number of rotatable bonds is 5. The van der Waals surface area contributed by atoms with E-state index in [1.54, 1.807) is 23.1 Å². The molecule has 1 aliphatic heterocycles. The summed E-state index contributed by atoms with van der Waals surface area (Å²) in [6.45, 7) is 3.73. The fraction of sp³-hybridized carbons (Fsp3) is 0.556. The Morgan fingerprint density at radius 1 is 1.38 bits per heavy atom. The average Bonchev–Trinajstić information content (AvgIpc) is 3.27. The van der Waals surface area contributed by atoms with Gasteiger partial charge in [-0.25, -0.2) is 0 Å². The first-order chi connectivity index (χ1) is 11.5. The lowest BCUT2D eigenvalue weighted by atomic mass is 9.90. The predicted molar refractivity (Wildman–Crippen MR) is 90.6 cm³/mol. The van der Waals surface area contributed by atoms with E-state index in [4.69, 9.17) is 21.4 Å². The minimum absolute atomic E-state index is 0.0848. The molecular weight excluding hydrogens is 330 g/mol. The van der Waals surface area contributed by atoms with Gasteiger partial charge in [0.05, 0.1) is 18.1 Å². The molecule has 2 aliphatic rings. The standard InChI is InChI=1S/C18H22ClNO4/c1-2-9-24-15-4-3-12(19)10-13(15)16(21)20-7-5-18(6-8-20)11-14(18)17(22)23/h3-4,10,14H,2,5-9,11H2,1H3,(H,22,23). The van der Waals surface area contributed by atoms with Crippen LogP contribution in [0.3, 0.4) is 0 Å². The van der Waals surface area contributed by atoms with Gasteiger partial charge in [-0.1, -0.05) is 18.5 Å². The second-order valence-electron chi connectivity index (χ2n) is 6.74. The van der Waals surface area contributed by atoms with Crippen LogP contribution in [0.4, 0.5) is 0 Å². The van der Waals surface area contributed by atoms with Crippen LogP contribution in [0.5, 0.6) is 5.75 Å². The summed E-state index contributed by atoms with van der Waals surface area (Å²) in [5, 5.41) is 9.66. The first-order valence-corrected chi connectivity index (χ1v) is 8.79. The van der Waals surface area contributed by atoms with E-state index in [1.165, 1.54) is 0 Å². The number of likely N-dealkylation sites (tertiary alicyclic amines) is 1. The van der Waals surface area contributed by atoms with Crippen LogP contribution in [0, 0.1) is 11.3 Å². The monoisotopic (exact) mass is 351 g/mol. The van der Waals surface area contributed by atoms with Gasteiger partial charge in [-0.15, -0.1) is 0 Å². The molecule has 0 bridgehead atoms. The molecule has 1 heterocycles. The van der Waals surface area contributed by atoms with E-state index < -0.39 is 5.97 Å². The summed E-state index contributed by atoms with van der Waals surface area (Å²) in [6.07, 6.45) is 3.11. The van der Waals surface area contributed by atoms with Crippen LogP contribution in [0.2, 0.25) is 5.02 Å². The van der Waals surface area contributed by atoms with Gasteiger partial charge in [-0.3, -0.25) is 9.59 Å². The predicted octanol–water partition coefficient (Wildman–Crippen LogP) is 3.46. The van der Waals surface area contributed by atoms with Crippen LogP contribution in [0.1, 0.15) is 43.0 Å². The number of carboxylic acid groups (broad SMARTS) is 1. The van der Waals surface area contributed by atoms with E-state index >= 15 is 0 Å². The lowest BCUT2D eigenvalue weighted by Gasteiger charge is -2.33. The molecule has 1 spiro atoms. The number of hydrogen-bond acceptors (Lipinski definition) is 3. The van der Waals surface area contributed by atoms with Crippen LogP contribution in [-0.4, -0.2) is 41.6 Å². The Morgan fingerprint density at radius 2 is 2.08 bits per heavy atom. The fourth-order valence-electron chi connectivity index (χ4n) is 3.58. The first-order valence-electron chi connectivity index (χ1n) is 8.41. The van der Waals surface area contributed by atoms with Gasteiger partial charge in [0.2, 0.25) is 0 Å². The third-order valence-corrected chi connectivity index (χ3v) is 5.40. The van der Waals surface area contributed by atoms with Crippen molar-refractivity contribution in [3.05, 3.63) is 28.8 Å². The molecule has 2 fully saturated rings. The summed E-state index contributed by atoms with van der Waals surface area (Å²) in [7, 11) is 0. The number of halogens is 1. The highest BCUT2D eigenvalue weighted by Gasteiger charge is 2.59. The van der Waals surface area contributed by atoms with Crippen LogP contribution in [0.25, 0.3) is 0 Å². The molecule has 0 radical (unpaired) electrons. The summed E-state index contributed by atoms with van der Waals surface area (Å²) in [5.74, 6) is -0.475. The van der Waals surface area contributed by atoms with Crippen molar-refractivity contribution < 1.29 is 19.4 Å². The lowest BCUT2D eigenvalue weighted by molar-refractivity contribution is -0.139. The van der Waals surface area contributed by atoms with Gasteiger partial charge >= 0.3 is 5.97 Å². The third-order valence-electron chi connectivity index (χ3n) is 5.17. The molecule has 1 saturated heterocycles. The topological polar surface area (TPSA) is 66.8 Å². The van der Waals surface area contributed by atoms with Crippen molar-refractivity contribution in [3.8, 4) is 5.75 Å². The lowest BCUT2D eigenvalue weighted by Crippen LogP contribution is -2.40. The molecule has 1 amide bonds. The van der Waals surface area contributed by atoms with E-state index in [0.717, 1.165) is 25.7 Å². The SMILES string of the molecule is CCCOc1ccc(Cl)cc1C(=O)N1CCC2(CC1)CC2C(=O)O. The highest BCUT2D eigenvalue weighted by atomic mass is 35.5. The van der Waals surface area contributed by atoms with E-state index in [1.807, 2.05) is 6.92 Å². The zero-order valence-electron chi connectivity index (χ0n) is 13.8. The Hall–Kier alpha value is -1.75. The number of nitrogens with zero attached hydrogens (tertiary/aromatic N) is 1. The molecule has 1 aliphatic carbocycles. The maximum absolute atomic E-state index is 12.9. The van der Waals surface area contributed by atoms with Crippen molar-refractivity contribution in [2.24, 2.45) is 11.3 Å². The second-order valence-corrected chi connectivity index (χ2v) is 7.17. The molecule has 6 heteroatoms. The number of benzene rings is 1. The number of carbonyl (C=O) groups is 2. The smallest absolute Gasteiger partial charge is 0.307 e. The van der Waals surface area contributed by atoms with Crippen molar-refractivity contribution >= 4 is 23.5 Å². The van der Waals surface area contributed by atoms with Crippen molar-refractivity contribution in [1.82, 2.24) is 4.90 Å². The number of piperidine rings is 1. The quantitative estimate of drug-likeness (QED) is 0.882. The fourth-order valence-corrected chi connectivity index (χ4v) is 3.75. The van der Waals surface area contributed by atoms with E-state index in [-0.39, 0.29) is 17.2 Å². The third kappa shape index (κ3) is 3.22. The molecule has 130 valence electrons. The van der Waals surface area contributed by atoms with Crippen molar-refractivity contribution in [2.45, 2.75) is 32.6 Å². The molecule has 5 nitrogen and oxygen atoms in total. The molecule has 1 N–H and O–H groups in total. The zero-order chi connectivity index (χ0) is 17.3. The number of carboxylic acids is 1. The summed E-state index contributed by atoms with van der Waals surface area (Å²) in [6, 6.07) is 5.10. The first kappa shape index (κ1) is 17.1. The molecule has 1 aromatic rings. The van der Waals surface area contributed by atoms with Gasteiger partial charge in [-0.2, -0.15) is 0 Å². The Labute approximate surface area is 146 Å². The van der Waals surface area contributed by atoms with Gasteiger partial charge in [-0.05, 0) is 49.3 Å². The van der Waals surface area contributed by atoms with Crippen LogP contribution in [0.15, 0.2) is 18.2 Å². The number of aliphatic carboxylic acids is 1. The minimum atomic E-state index is -0.708. The molecule has 24 heavy (non-hydrogen) atoms. The van der Waals surface area contributed by atoms with Crippen molar-refractivity contribution in [3.63, 3.8) is 0 Å². The molecule has 1 unspecified atom stereocenters. The minimum Gasteiger partial charge on any atom is -0.493 e. The summed E-state index contributed by atoms with van der Waals surface area (Å²) in [4.78, 5) is 25.8. The largest absolute Gasteiger partial charge is 0.493 e. The highest BCUT2D eigenvalue weighted by Crippen LogP contribution is 2.59.